The van der Waals surface area contributed by atoms with E-state index in [0.29, 0.717) is 25.1 Å². The van der Waals surface area contributed by atoms with Gasteiger partial charge in [0.05, 0.1) is 12.5 Å². The molecule has 1 heterocycles. The molecule has 2 rings (SSSR count). The fraction of sp³-hybridized carbons (Fsp3) is 0.278. The van der Waals surface area contributed by atoms with Crippen molar-refractivity contribution < 1.29 is 4.79 Å². The van der Waals surface area contributed by atoms with Gasteiger partial charge in [0.25, 0.3) is 5.91 Å². The maximum atomic E-state index is 12.7. The standard InChI is InChI=1S/C18H19N3O/c1-14-6-7-17(11-15(14)2)18(22)21(10-4-8-19)13-16-5-3-9-20-12-16/h3,5-7,9,11-12H,4,10,13H2,1-2H3. The zero-order valence-corrected chi connectivity index (χ0v) is 12.9. The lowest BCUT2D eigenvalue weighted by molar-refractivity contribution is 0.0746. The number of hydrogen-bond donors (Lipinski definition) is 0. The van der Waals surface area contributed by atoms with Crippen LogP contribution in [0.2, 0.25) is 0 Å². The number of aromatic nitrogens is 1. The van der Waals surface area contributed by atoms with Gasteiger partial charge in [-0.1, -0.05) is 12.1 Å². The van der Waals surface area contributed by atoms with E-state index >= 15 is 0 Å². The minimum Gasteiger partial charge on any atom is -0.333 e. The van der Waals surface area contributed by atoms with Crippen molar-refractivity contribution in [2.24, 2.45) is 0 Å². The van der Waals surface area contributed by atoms with Crippen molar-refractivity contribution >= 4 is 5.91 Å². The van der Waals surface area contributed by atoms with Crippen LogP contribution in [0.15, 0.2) is 42.7 Å². The number of amides is 1. The molecule has 4 heteroatoms. The minimum atomic E-state index is -0.0535. The summed E-state index contributed by atoms with van der Waals surface area (Å²) in [6, 6.07) is 11.6. The van der Waals surface area contributed by atoms with Crippen LogP contribution in [-0.2, 0) is 6.54 Å². The third-order valence-electron chi connectivity index (χ3n) is 3.63. The van der Waals surface area contributed by atoms with Crippen molar-refractivity contribution in [3.63, 3.8) is 0 Å². The summed E-state index contributed by atoms with van der Waals surface area (Å²) in [4.78, 5) is 18.5. The molecule has 0 aliphatic carbocycles. The van der Waals surface area contributed by atoms with Gasteiger partial charge in [-0.2, -0.15) is 5.26 Å². The Morgan fingerprint density at radius 1 is 1.27 bits per heavy atom. The van der Waals surface area contributed by atoms with Gasteiger partial charge in [-0.05, 0) is 48.7 Å². The second-order valence-electron chi connectivity index (χ2n) is 5.30. The lowest BCUT2D eigenvalue weighted by Gasteiger charge is -2.22. The van der Waals surface area contributed by atoms with Gasteiger partial charge in [-0.25, -0.2) is 0 Å². The summed E-state index contributed by atoms with van der Waals surface area (Å²) < 4.78 is 0. The van der Waals surface area contributed by atoms with Crippen LogP contribution in [0, 0.1) is 25.2 Å². The molecule has 0 radical (unpaired) electrons. The molecule has 0 unspecified atom stereocenters. The van der Waals surface area contributed by atoms with Gasteiger partial charge in [0, 0.05) is 31.0 Å². The molecule has 1 amide bonds. The number of benzene rings is 1. The van der Waals surface area contributed by atoms with Crippen LogP contribution >= 0.6 is 0 Å². The first kappa shape index (κ1) is 15.7. The number of carbonyl (C=O) groups is 1. The van der Waals surface area contributed by atoms with Gasteiger partial charge >= 0.3 is 0 Å². The molecule has 0 aliphatic heterocycles. The Morgan fingerprint density at radius 3 is 2.73 bits per heavy atom. The normalized spacial score (nSPS) is 10.0. The van der Waals surface area contributed by atoms with E-state index in [0.717, 1.165) is 16.7 Å². The third kappa shape index (κ3) is 3.92. The molecule has 0 spiro atoms. The lowest BCUT2D eigenvalue weighted by Crippen LogP contribution is -2.31. The number of aryl methyl sites for hydroxylation is 2. The molecule has 112 valence electrons. The fourth-order valence-corrected chi connectivity index (χ4v) is 2.21. The van der Waals surface area contributed by atoms with E-state index in [1.165, 1.54) is 0 Å². The minimum absolute atomic E-state index is 0.0535. The molecule has 0 saturated heterocycles. The van der Waals surface area contributed by atoms with Crippen LogP contribution in [0.25, 0.3) is 0 Å². The second kappa shape index (κ2) is 7.37. The van der Waals surface area contributed by atoms with E-state index in [4.69, 9.17) is 5.26 Å². The van der Waals surface area contributed by atoms with E-state index < -0.39 is 0 Å². The van der Waals surface area contributed by atoms with E-state index in [1.54, 1.807) is 17.3 Å². The van der Waals surface area contributed by atoms with Crippen LogP contribution in [0.4, 0.5) is 0 Å². The summed E-state index contributed by atoms with van der Waals surface area (Å²) in [5, 5.41) is 8.81. The van der Waals surface area contributed by atoms with Crippen molar-refractivity contribution in [3.8, 4) is 6.07 Å². The average Bonchev–Trinajstić information content (AvgIpc) is 2.54. The summed E-state index contributed by atoms with van der Waals surface area (Å²) in [6.07, 6.45) is 3.76. The zero-order chi connectivity index (χ0) is 15.9. The molecule has 0 fully saturated rings. The highest BCUT2D eigenvalue weighted by Gasteiger charge is 2.16. The largest absolute Gasteiger partial charge is 0.333 e. The number of pyridine rings is 1. The Bertz CT molecular complexity index is 689. The van der Waals surface area contributed by atoms with Crippen LogP contribution in [-0.4, -0.2) is 22.3 Å². The molecule has 1 aromatic carbocycles. The van der Waals surface area contributed by atoms with Crippen LogP contribution in [0.3, 0.4) is 0 Å². The summed E-state index contributed by atoms with van der Waals surface area (Å²) >= 11 is 0. The third-order valence-corrected chi connectivity index (χ3v) is 3.63. The summed E-state index contributed by atoms with van der Waals surface area (Å²) in [6.45, 7) is 4.89. The highest BCUT2D eigenvalue weighted by Crippen LogP contribution is 2.14. The van der Waals surface area contributed by atoms with Gasteiger partial charge in [-0.3, -0.25) is 9.78 Å². The fourth-order valence-electron chi connectivity index (χ4n) is 2.21. The van der Waals surface area contributed by atoms with Crippen LogP contribution in [0.5, 0.6) is 0 Å². The highest BCUT2D eigenvalue weighted by molar-refractivity contribution is 5.94. The molecule has 0 saturated carbocycles. The first-order chi connectivity index (χ1) is 10.6. The first-order valence-electron chi connectivity index (χ1n) is 7.24. The van der Waals surface area contributed by atoms with Crippen molar-refractivity contribution in [3.05, 3.63) is 65.0 Å². The Hall–Kier alpha value is -2.67. The topological polar surface area (TPSA) is 57.0 Å². The number of nitrogens with zero attached hydrogens (tertiary/aromatic N) is 3. The zero-order valence-electron chi connectivity index (χ0n) is 12.9. The molecule has 2 aromatic rings. The molecule has 0 N–H and O–H groups in total. The van der Waals surface area contributed by atoms with E-state index in [1.807, 2.05) is 44.2 Å². The SMILES string of the molecule is Cc1ccc(C(=O)N(CCC#N)Cc2cccnc2)cc1C. The predicted molar refractivity (Wildman–Crippen MR) is 85.1 cm³/mol. The lowest BCUT2D eigenvalue weighted by atomic mass is 10.1. The molecule has 4 nitrogen and oxygen atoms in total. The average molecular weight is 293 g/mol. The van der Waals surface area contributed by atoms with E-state index in [2.05, 4.69) is 11.1 Å². The summed E-state index contributed by atoms with van der Waals surface area (Å²) in [7, 11) is 0. The highest BCUT2D eigenvalue weighted by atomic mass is 16.2. The smallest absolute Gasteiger partial charge is 0.254 e. The Morgan fingerprint density at radius 2 is 2.09 bits per heavy atom. The van der Waals surface area contributed by atoms with Gasteiger partial charge in [0.2, 0.25) is 0 Å². The van der Waals surface area contributed by atoms with Gasteiger partial charge in [-0.15, -0.1) is 0 Å². The van der Waals surface area contributed by atoms with Crippen LogP contribution < -0.4 is 0 Å². The van der Waals surface area contributed by atoms with Gasteiger partial charge < -0.3 is 4.90 Å². The second-order valence-corrected chi connectivity index (χ2v) is 5.30. The van der Waals surface area contributed by atoms with E-state index in [9.17, 15) is 4.79 Å². The quantitative estimate of drug-likeness (QED) is 0.850. The molecule has 0 aliphatic rings. The molecule has 22 heavy (non-hydrogen) atoms. The van der Waals surface area contributed by atoms with Crippen molar-refractivity contribution in [2.75, 3.05) is 6.54 Å². The molecule has 0 bridgehead atoms. The van der Waals surface area contributed by atoms with Gasteiger partial charge in [0.15, 0.2) is 0 Å². The number of carbonyl (C=O) groups excluding carboxylic acids is 1. The van der Waals surface area contributed by atoms with Crippen molar-refractivity contribution in [2.45, 2.75) is 26.8 Å². The van der Waals surface area contributed by atoms with Gasteiger partial charge in [0.1, 0.15) is 0 Å². The maximum absolute atomic E-state index is 12.7. The maximum Gasteiger partial charge on any atom is 0.254 e. The Balaban J connectivity index is 2.22. The number of nitriles is 1. The van der Waals surface area contributed by atoms with Crippen molar-refractivity contribution in [1.82, 2.24) is 9.88 Å². The first-order valence-corrected chi connectivity index (χ1v) is 7.24. The Labute approximate surface area is 131 Å². The molecular weight excluding hydrogens is 274 g/mol. The molecular formula is C18H19N3O. The van der Waals surface area contributed by atoms with Crippen molar-refractivity contribution in [1.29, 1.82) is 5.26 Å². The Kier molecular flexibility index (Phi) is 5.26. The molecule has 1 aromatic heterocycles. The van der Waals surface area contributed by atoms with E-state index in [-0.39, 0.29) is 5.91 Å². The number of hydrogen-bond acceptors (Lipinski definition) is 3. The monoisotopic (exact) mass is 293 g/mol. The van der Waals surface area contributed by atoms with Crippen LogP contribution in [0.1, 0.15) is 33.5 Å². The predicted octanol–water partition coefficient (Wildman–Crippen LogP) is 3.25. The summed E-state index contributed by atoms with van der Waals surface area (Å²) in [5.41, 5.74) is 3.86. The molecule has 0 atom stereocenters. The number of rotatable bonds is 5. The summed E-state index contributed by atoms with van der Waals surface area (Å²) in [5.74, 6) is -0.0535.